The average Bonchev–Trinajstić information content (AvgIpc) is 2.81. The summed E-state index contributed by atoms with van der Waals surface area (Å²) in [5.74, 6) is 0.967. The SMILES string of the molecule is CCSc1ncc(CN=Nc2ccc([N+](=O)[O-])cc2)n1C. The van der Waals surface area contributed by atoms with Gasteiger partial charge in [-0.25, -0.2) is 4.98 Å². The minimum Gasteiger partial charge on any atom is -0.324 e. The largest absolute Gasteiger partial charge is 0.324 e. The fraction of sp³-hybridized carbons (Fsp3) is 0.308. The van der Waals surface area contributed by atoms with E-state index in [0.29, 0.717) is 12.2 Å². The van der Waals surface area contributed by atoms with Gasteiger partial charge in [0.1, 0.15) is 6.54 Å². The van der Waals surface area contributed by atoms with E-state index in [2.05, 4.69) is 22.1 Å². The molecule has 0 aliphatic carbocycles. The number of nitrogens with zero attached hydrogens (tertiary/aromatic N) is 5. The molecule has 0 radical (unpaired) electrons. The number of nitro benzene ring substituents is 1. The van der Waals surface area contributed by atoms with Gasteiger partial charge in [0.25, 0.3) is 5.69 Å². The van der Waals surface area contributed by atoms with E-state index < -0.39 is 4.92 Å². The summed E-state index contributed by atoms with van der Waals surface area (Å²) in [5, 5.41) is 19.7. The van der Waals surface area contributed by atoms with Gasteiger partial charge in [-0.05, 0) is 17.9 Å². The number of non-ortho nitro benzene ring substituents is 1. The van der Waals surface area contributed by atoms with Gasteiger partial charge in [-0.15, -0.1) is 0 Å². The van der Waals surface area contributed by atoms with Gasteiger partial charge < -0.3 is 4.57 Å². The van der Waals surface area contributed by atoms with Crippen LogP contribution >= 0.6 is 11.8 Å². The molecule has 0 spiro atoms. The van der Waals surface area contributed by atoms with Crippen molar-refractivity contribution in [1.82, 2.24) is 9.55 Å². The number of hydrogen-bond acceptors (Lipinski definition) is 6. The van der Waals surface area contributed by atoms with E-state index in [1.165, 1.54) is 12.1 Å². The summed E-state index contributed by atoms with van der Waals surface area (Å²) >= 11 is 1.67. The highest BCUT2D eigenvalue weighted by Crippen LogP contribution is 2.20. The van der Waals surface area contributed by atoms with Gasteiger partial charge in [0.15, 0.2) is 5.16 Å². The molecule has 1 heterocycles. The van der Waals surface area contributed by atoms with Gasteiger partial charge in [0.05, 0.1) is 22.5 Å². The number of benzene rings is 1. The molecule has 1 aromatic heterocycles. The van der Waals surface area contributed by atoms with Crippen LogP contribution in [0.4, 0.5) is 11.4 Å². The van der Waals surface area contributed by atoms with Crippen LogP contribution in [0.25, 0.3) is 0 Å². The van der Waals surface area contributed by atoms with Gasteiger partial charge >= 0.3 is 0 Å². The average molecular weight is 305 g/mol. The minimum absolute atomic E-state index is 0.0433. The number of hydrogen-bond donors (Lipinski definition) is 0. The third-order valence-corrected chi connectivity index (χ3v) is 3.72. The van der Waals surface area contributed by atoms with E-state index in [9.17, 15) is 10.1 Å². The first-order valence-electron chi connectivity index (χ1n) is 6.37. The number of thioether (sulfide) groups is 1. The molecule has 21 heavy (non-hydrogen) atoms. The zero-order valence-corrected chi connectivity index (χ0v) is 12.6. The predicted molar refractivity (Wildman–Crippen MR) is 80.9 cm³/mol. The van der Waals surface area contributed by atoms with Crippen molar-refractivity contribution in [3.05, 3.63) is 46.3 Å². The first kappa shape index (κ1) is 15.2. The van der Waals surface area contributed by atoms with Crippen LogP contribution < -0.4 is 0 Å². The topological polar surface area (TPSA) is 85.7 Å². The third-order valence-electron chi connectivity index (χ3n) is 2.79. The van der Waals surface area contributed by atoms with Crippen molar-refractivity contribution in [3.63, 3.8) is 0 Å². The zero-order chi connectivity index (χ0) is 15.2. The lowest BCUT2D eigenvalue weighted by atomic mass is 10.3. The maximum atomic E-state index is 10.5. The molecule has 0 unspecified atom stereocenters. The van der Waals surface area contributed by atoms with Crippen LogP contribution in [0.1, 0.15) is 12.6 Å². The molecule has 0 saturated heterocycles. The quantitative estimate of drug-likeness (QED) is 0.352. The molecule has 2 aromatic rings. The highest BCUT2D eigenvalue weighted by Gasteiger charge is 2.06. The number of nitro groups is 1. The van der Waals surface area contributed by atoms with Crippen LogP contribution in [-0.2, 0) is 13.6 Å². The molecule has 7 nitrogen and oxygen atoms in total. The Balaban J connectivity index is 2.00. The highest BCUT2D eigenvalue weighted by molar-refractivity contribution is 7.99. The fourth-order valence-corrected chi connectivity index (χ4v) is 2.36. The number of rotatable bonds is 6. The summed E-state index contributed by atoms with van der Waals surface area (Å²) in [6.45, 7) is 2.50. The lowest BCUT2D eigenvalue weighted by molar-refractivity contribution is -0.384. The van der Waals surface area contributed by atoms with Crippen LogP contribution in [0.15, 0.2) is 45.8 Å². The van der Waals surface area contributed by atoms with E-state index in [0.717, 1.165) is 16.6 Å². The van der Waals surface area contributed by atoms with E-state index in [1.807, 2.05) is 11.6 Å². The van der Waals surface area contributed by atoms with Crippen LogP contribution in [0, 0.1) is 10.1 Å². The van der Waals surface area contributed by atoms with Crippen LogP contribution in [0.5, 0.6) is 0 Å². The van der Waals surface area contributed by atoms with Gasteiger partial charge in [-0.2, -0.15) is 10.2 Å². The maximum absolute atomic E-state index is 10.5. The molecule has 2 rings (SSSR count). The number of aromatic nitrogens is 2. The first-order valence-corrected chi connectivity index (χ1v) is 7.35. The van der Waals surface area contributed by atoms with E-state index in [4.69, 9.17) is 0 Å². The summed E-state index contributed by atoms with van der Waals surface area (Å²) in [6, 6.07) is 5.97. The Morgan fingerprint density at radius 2 is 2.10 bits per heavy atom. The Bertz CT molecular complexity index is 651. The van der Waals surface area contributed by atoms with E-state index in [-0.39, 0.29) is 5.69 Å². The molecule has 0 bridgehead atoms. The lowest BCUT2D eigenvalue weighted by Gasteiger charge is -2.01. The molecule has 0 fully saturated rings. The predicted octanol–water partition coefficient (Wildman–Crippen LogP) is 3.72. The smallest absolute Gasteiger partial charge is 0.269 e. The van der Waals surface area contributed by atoms with E-state index in [1.54, 1.807) is 30.1 Å². The Morgan fingerprint density at radius 1 is 1.38 bits per heavy atom. The molecule has 1 aromatic carbocycles. The molecule has 8 heteroatoms. The lowest BCUT2D eigenvalue weighted by Crippen LogP contribution is -1.96. The van der Waals surface area contributed by atoms with Crippen molar-refractivity contribution in [3.8, 4) is 0 Å². The van der Waals surface area contributed by atoms with Gasteiger partial charge in [0.2, 0.25) is 0 Å². The molecule has 110 valence electrons. The van der Waals surface area contributed by atoms with Crippen molar-refractivity contribution in [2.75, 3.05) is 5.75 Å². The minimum atomic E-state index is -0.441. The van der Waals surface area contributed by atoms with Crippen molar-refractivity contribution in [2.45, 2.75) is 18.6 Å². The molecule has 0 N–H and O–H groups in total. The number of imidazole rings is 1. The van der Waals surface area contributed by atoms with Gasteiger partial charge in [-0.3, -0.25) is 10.1 Å². The molecular weight excluding hydrogens is 290 g/mol. The summed E-state index contributed by atoms with van der Waals surface area (Å²) < 4.78 is 1.99. The second-order valence-electron chi connectivity index (χ2n) is 4.20. The Hall–Kier alpha value is -2.22. The zero-order valence-electron chi connectivity index (χ0n) is 11.8. The molecule has 0 saturated carbocycles. The maximum Gasteiger partial charge on any atom is 0.269 e. The Morgan fingerprint density at radius 3 is 2.71 bits per heavy atom. The van der Waals surface area contributed by atoms with Gasteiger partial charge in [-0.1, -0.05) is 18.7 Å². The summed E-state index contributed by atoms with van der Waals surface area (Å²) in [4.78, 5) is 14.4. The molecule has 0 atom stereocenters. The van der Waals surface area contributed by atoms with Crippen molar-refractivity contribution >= 4 is 23.1 Å². The Kier molecular flexibility index (Phi) is 5.04. The van der Waals surface area contributed by atoms with Crippen LogP contribution in [0.3, 0.4) is 0 Å². The molecule has 0 aliphatic rings. The number of azo groups is 1. The van der Waals surface area contributed by atoms with E-state index >= 15 is 0 Å². The summed E-state index contributed by atoms with van der Waals surface area (Å²) in [5.41, 5.74) is 1.60. The second-order valence-corrected chi connectivity index (χ2v) is 5.43. The van der Waals surface area contributed by atoms with Crippen molar-refractivity contribution < 1.29 is 4.92 Å². The van der Waals surface area contributed by atoms with Crippen molar-refractivity contribution in [1.29, 1.82) is 0 Å². The van der Waals surface area contributed by atoms with Gasteiger partial charge in [0, 0.05) is 19.2 Å². The Labute approximate surface area is 126 Å². The molecule has 0 amide bonds. The molecular formula is C13H15N5O2S. The highest BCUT2D eigenvalue weighted by atomic mass is 32.2. The van der Waals surface area contributed by atoms with Crippen LogP contribution in [-0.4, -0.2) is 20.2 Å². The van der Waals surface area contributed by atoms with Crippen molar-refractivity contribution in [2.24, 2.45) is 17.3 Å². The molecule has 0 aliphatic heterocycles. The second kappa shape index (κ2) is 6.98. The first-order chi connectivity index (χ1) is 10.1. The fourth-order valence-electron chi connectivity index (χ4n) is 1.67. The standard InChI is InChI=1S/C13H15N5O2S/c1-3-21-13-14-8-12(17(13)2)9-15-16-10-4-6-11(7-5-10)18(19)20/h4-8H,3,9H2,1-2H3. The monoisotopic (exact) mass is 305 g/mol. The summed E-state index contributed by atoms with van der Waals surface area (Å²) in [6.07, 6.45) is 1.78. The third kappa shape index (κ3) is 3.88. The summed E-state index contributed by atoms with van der Waals surface area (Å²) in [7, 11) is 1.95. The normalized spacial score (nSPS) is 11.1. The van der Waals surface area contributed by atoms with Crippen LogP contribution in [0.2, 0.25) is 0 Å².